The molecular weight excluding hydrogens is 224 g/mol. The largest absolute Gasteiger partial charge is 0.329 e. The predicted molar refractivity (Wildman–Crippen MR) is 65.6 cm³/mol. The monoisotopic (exact) mass is 242 g/mol. The predicted octanol–water partition coefficient (Wildman–Crippen LogP) is 0.496. The summed E-state index contributed by atoms with van der Waals surface area (Å²) >= 11 is 0. The van der Waals surface area contributed by atoms with Gasteiger partial charge in [-0.25, -0.2) is 13.1 Å². The van der Waals surface area contributed by atoms with Crippen LogP contribution in [0.2, 0.25) is 0 Å². The van der Waals surface area contributed by atoms with Crippen LogP contribution in [0.3, 0.4) is 0 Å². The molecule has 0 aromatic heterocycles. The number of sulfonamides is 1. The number of hydrogen-bond acceptors (Lipinski definition) is 3. The van der Waals surface area contributed by atoms with Gasteiger partial charge in [-0.15, -0.1) is 0 Å². The fourth-order valence-corrected chi connectivity index (χ4v) is 2.64. The molecule has 0 unspecified atom stereocenters. The van der Waals surface area contributed by atoms with E-state index in [0.29, 0.717) is 13.0 Å². The zero-order valence-corrected chi connectivity index (χ0v) is 10.2. The minimum absolute atomic E-state index is 0.0986. The van der Waals surface area contributed by atoms with Crippen molar-refractivity contribution in [3.8, 4) is 0 Å². The van der Waals surface area contributed by atoms with E-state index in [9.17, 15) is 8.42 Å². The number of aryl methyl sites for hydroxylation is 1. The van der Waals surface area contributed by atoms with Gasteiger partial charge in [0.2, 0.25) is 10.0 Å². The summed E-state index contributed by atoms with van der Waals surface area (Å²) in [5, 5.41) is 0. The van der Waals surface area contributed by atoms with Crippen molar-refractivity contribution in [2.75, 3.05) is 12.3 Å². The summed E-state index contributed by atoms with van der Waals surface area (Å²) in [4.78, 5) is 0. The highest BCUT2D eigenvalue weighted by atomic mass is 32.2. The molecular formula is C11H18N2O2S. The lowest BCUT2D eigenvalue weighted by Crippen LogP contribution is -2.39. The molecule has 0 aliphatic carbocycles. The van der Waals surface area contributed by atoms with Crippen LogP contribution in [-0.2, 0) is 16.4 Å². The SMILES string of the molecule is C[C@H](CN)NS(=O)(=O)CCc1ccccc1. The van der Waals surface area contributed by atoms with Gasteiger partial charge in [0.25, 0.3) is 0 Å². The van der Waals surface area contributed by atoms with Gasteiger partial charge < -0.3 is 5.73 Å². The minimum Gasteiger partial charge on any atom is -0.329 e. The average molecular weight is 242 g/mol. The molecule has 0 heterocycles. The van der Waals surface area contributed by atoms with Gasteiger partial charge in [-0.2, -0.15) is 0 Å². The summed E-state index contributed by atoms with van der Waals surface area (Å²) in [6.45, 7) is 2.06. The molecule has 0 bridgehead atoms. The molecule has 0 saturated heterocycles. The van der Waals surface area contributed by atoms with Crippen LogP contribution in [0.15, 0.2) is 30.3 Å². The van der Waals surface area contributed by atoms with E-state index >= 15 is 0 Å². The van der Waals surface area contributed by atoms with E-state index in [0.717, 1.165) is 5.56 Å². The lowest BCUT2D eigenvalue weighted by molar-refractivity contribution is 0.562. The molecule has 0 spiro atoms. The first kappa shape index (κ1) is 13.2. The van der Waals surface area contributed by atoms with Crippen LogP contribution < -0.4 is 10.5 Å². The molecule has 0 fully saturated rings. The maximum absolute atomic E-state index is 11.6. The molecule has 1 aromatic carbocycles. The Labute approximate surface area is 96.9 Å². The zero-order valence-electron chi connectivity index (χ0n) is 9.39. The Balaban J connectivity index is 2.49. The number of hydrogen-bond donors (Lipinski definition) is 2. The van der Waals surface area contributed by atoms with E-state index in [1.807, 2.05) is 30.3 Å². The van der Waals surface area contributed by atoms with Crippen molar-refractivity contribution in [2.24, 2.45) is 5.73 Å². The Morgan fingerprint density at radius 3 is 2.50 bits per heavy atom. The van der Waals surface area contributed by atoms with Gasteiger partial charge in [0.1, 0.15) is 0 Å². The van der Waals surface area contributed by atoms with Crippen LogP contribution in [0.1, 0.15) is 12.5 Å². The highest BCUT2D eigenvalue weighted by Crippen LogP contribution is 2.01. The maximum atomic E-state index is 11.6. The first-order valence-electron chi connectivity index (χ1n) is 5.27. The summed E-state index contributed by atoms with van der Waals surface area (Å²) in [5.41, 5.74) is 6.38. The molecule has 1 rings (SSSR count). The summed E-state index contributed by atoms with van der Waals surface area (Å²) in [6, 6.07) is 9.34. The molecule has 90 valence electrons. The van der Waals surface area contributed by atoms with Crippen LogP contribution in [0.25, 0.3) is 0 Å². The highest BCUT2D eigenvalue weighted by Gasteiger charge is 2.13. The van der Waals surface area contributed by atoms with Gasteiger partial charge >= 0.3 is 0 Å². The van der Waals surface area contributed by atoms with E-state index in [-0.39, 0.29) is 11.8 Å². The molecule has 1 aromatic rings. The van der Waals surface area contributed by atoms with Gasteiger partial charge in [0, 0.05) is 12.6 Å². The van der Waals surface area contributed by atoms with Gasteiger partial charge in [0.15, 0.2) is 0 Å². The zero-order chi connectivity index (χ0) is 12.0. The second-order valence-electron chi connectivity index (χ2n) is 3.81. The maximum Gasteiger partial charge on any atom is 0.212 e. The third-order valence-corrected chi connectivity index (χ3v) is 3.74. The Hall–Kier alpha value is -0.910. The topological polar surface area (TPSA) is 72.2 Å². The summed E-state index contributed by atoms with van der Waals surface area (Å²) in [6.07, 6.45) is 0.521. The van der Waals surface area contributed by atoms with Crippen molar-refractivity contribution in [2.45, 2.75) is 19.4 Å². The minimum atomic E-state index is -3.22. The summed E-state index contributed by atoms with van der Waals surface area (Å²) < 4.78 is 25.7. The lowest BCUT2D eigenvalue weighted by atomic mass is 10.2. The van der Waals surface area contributed by atoms with Gasteiger partial charge in [0.05, 0.1) is 5.75 Å². The Kier molecular flexibility index (Phi) is 4.92. The van der Waals surface area contributed by atoms with E-state index in [2.05, 4.69) is 4.72 Å². The normalized spacial score (nSPS) is 13.6. The van der Waals surface area contributed by atoms with E-state index in [1.54, 1.807) is 6.92 Å². The highest BCUT2D eigenvalue weighted by molar-refractivity contribution is 7.89. The van der Waals surface area contributed by atoms with Crippen molar-refractivity contribution in [1.29, 1.82) is 0 Å². The fourth-order valence-electron chi connectivity index (χ4n) is 1.31. The Morgan fingerprint density at radius 1 is 1.31 bits per heavy atom. The van der Waals surface area contributed by atoms with Gasteiger partial charge in [-0.1, -0.05) is 30.3 Å². The molecule has 16 heavy (non-hydrogen) atoms. The van der Waals surface area contributed by atoms with Crippen molar-refractivity contribution in [3.05, 3.63) is 35.9 Å². The van der Waals surface area contributed by atoms with Crippen LogP contribution in [0.5, 0.6) is 0 Å². The van der Waals surface area contributed by atoms with Crippen molar-refractivity contribution in [3.63, 3.8) is 0 Å². The first-order valence-corrected chi connectivity index (χ1v) is 6.93. The molecule has 3 N–H and O–H groups in total. The Morgan fingerprint density at radius 2 is 1.94 bits per heavy atom. The second-order valence-corrected chi connectivity index (χ2v) is 5.68. The molecule has 1 atom stereocenters. The smallest absolute Gasteiger partial charge is 0.212 e. The number of rotatable bonds is 6. The van der Waals surface area contributed by atoms with Crippen LogP contribution in [0, 0.1) is 0 Å². The van der Waals surface area contributed by atoms with E-state index < -0.39 is 10.0 Å². The molecule has 0 aliphatic rings. The lowest BCUT2D eigenvalue weighted by Gasteiger charge is -2.11. The molecule has 0 saturated carbocycles. The Bertz CT molecular complexity index is 403. The number of nitrogens with two attached hydrogens (primary N) is 1. The third-order valence-electron chi connectivity index (χ3n) is 2.24. The third kappa shape index (κ3) is 4.74. The standard InChI is InChI=1S/C11H18N2O2S/c1-10(9-12)13-16(14,15)8-7-11-5-3-2-4-6-11/h2-6,10,13H,7-9,12H2,1H3/t10-/m1/s1. The van der Waals surface area contributed by atoms with Crippen molar-refractivity contribution in [1.82, 2.24) is 4.72 Å². The molecule has 0 aliphatic heterocycles. The summed E-state index contributed by atoms with van der Waals surface area (Å²) in [5.74, 6) is 0.0986. The molecule has 5 heteroatoms. The van der Waals surface area contributed by atoms with E-state index in [4.69, 9.17) is 5.73 Å². The number of benzene rings is 1. The number of nitrogens with one attached hydrogen (secondary N) is 1. The van der Waals surface area contributed by atoms with Crippen LogP contribution >= 0.6 is 0 Å². The fraction of sp³-hybridized carbons (Fsp3) is 0.455. The van der Waals surface area contributed by atoms with Crippen molar-refractivity contribution >= 4 is 10.0 Å². The van der Waals surface area contributed by atoms with Gasteiger partial charge in [-0.3, -0.25) is 0 Å². The van der Waals surface area contributed by atoms with E-state index in [1.165, 1.54) is 0 Å². The van der Waals surface area contributed by atoms with Crippen molar-refractivity contribution < 1.29 is 8.42 Å². The average Bonchev–Trinajstić information content (AvgIpc) is 2.27. The summed E-state index contributed by atoms with van der Waals surface area (Å²) in [7, 11) is -3.22. The second kappa shape index (κ2) is 5.98. The quantitative estimate of drug-likeness (QED) is 0.763. The van der Waals surface area contributed by atoms with Crippen LogP contribution in [0.4, 0.5) is 0 Å². The molecule has 4 nitrogen and oxygen atoms in total. The van der Waals surface area contributed by atoms with Crippen LogP contribution in [-0.4, -0.2) is 26.8 Å². The first-order chi connectivity index (χ1) is 7.53. The molecule has 0 amide bonds. The molecule has 0 radical (unpaired) electrons. The van der Waals surface area contributed by atoms with Gasteiger partial charge in [-0.05, 0) is 18.9 Å².